The molecule has 0 saturated carbocycles. The summed E-state index contributed by atoms with van der Waals surface area (Å²) < 4.78 is 11.5. The molecule has 4 aromatic rings. The normalized spacial score (nSPS) is 13.9. The molecule has 9 heteroatoms. The molecule has 0 bridgehead atoms. The predicted molar refractivity (Wildman–Crippen MR) is 141 cm³/mol. The zero-order chi connectivity index (χ0) is 26.6. The van der Waals surface area contributed by atoms with E-state index in [-0.39, 0.29) is 23.8 Å². The first-order valence-electron chi connectivity index (χ1n) is 11.7. The van der Waals surface area contributed by atoms with Gasteiger partial charge >= 0.3 is 5.97 Å². The molecule has 1 aromatic heterocycles. The van der Waals surface area contributed by atoms with Gasteiger partial charge in [-0.1, -0.05) is 29.8 Å². The van der Waals surface area contributed by atoms with Crippen LogP contribution in [-0.2, 0) is 4.79 Å². The molecule has 0 fully saturated rings. The number of ether oxygens (including phenoxy) is 2. The van der Waals surface area contributed by atoms with Gasteiger partial charge in [0.2, 0.25) is 0 Å². The lowest BCUT2D eigenvalue weighted by atomic mass is 9.91. The highest BCUT2D eigenvalue weighted by atomic mass is 35.5. The molecule has 1 aliphatic heterocycles. The lowest BCUT2D eigenvalue weighted by Gasteiger charge is -2.24. The summed E-state index contributed by atoms with van der Waals surface area (Å²) in [5.41, 5.74) is 2.59. The van der Waals surface area contributed by atoms with Crippen molar-refractivity contribution in [2.45, 2.75) is 12.3 Å². The van der Waals surface area contributed by atoms with Gasteiger partial charge < -0.3 is 19.9 Å². The second-order valence-electron chi connectivity index (χ2n) is 8.52. The highest BCUT2D eigenvalue weighted by Crippen LogP contribution is 2.39. The molecule has 0 radical (unpaired) electrons. The third kappa shape index (κ3) is 5.28. The predicted octanol–water partition coefficient (Wildman–Crippen LogP) is 6.27. The van der Waals surface area contributed by atoms with Crippen LogP contribution < -0.4 is 14.8 Å². The summed E-state index contributed by atoms with van der Waals surface area (Å²) in [7, 11) is 0. The number of carbonyl (C=O) groups excluding carboxylic acids is 1. The maximum atomic E-state index is 12.8. The quantitative estimate of drug-likeness (QED) is 0.304. The maximum absolute atomic E-state index is 12.8. The molecule has 0 saturated heterocycles. The van der Waals surface area contributed by atoms with Crippen LogP contribution in [0.4, 0.5) is 5.82 Å². The number of hydrogen-bond acceptors (Lipinski definition) is 6. The van der Waals surface area contributed by atoms with Crippen molar-refractivity contribution in [3.63, 3.8) is 0 Å². The van der Waals surface area contributed by atoms with Gasteiger partial charge in [-0.2, -0.15) is 5.26 Å². The number of carboxylic acid groups (broad SMARTS) is 1. The van der Waals surface area contributed by atoms with Crippen molar-refractivity contribution in [2.24, 2.45) is 0 Å². The largest absolute Gasteiger partial charge is 0.493 e. The Morgan fingerprint density at radius 3 is 2.55 bits per heavy atom. The molecule has 5 rings (SSSR count). The molecular weight excluding hydrogens is 506 g/mol. The molecule has 0 aliphatic carbocycles. The van der Waals surface area contributed by atoms with Crippen molar-refractivity contribution in [1.82, 2.24) is 4.98 Å². The van der Waals surface area contributed by atoms with Crippen LogP contribution in [0.5, 0.6) is 17.2 Å². The minimum atomic E-state index is -0.965. The van der Waals surface area contributed by atoms with Gasteiger partial charge in [0, 0.05) is 27.8 Å². The van der Waals surface area contributed by atoms with Crippen molar-refractivity contribution in [3.05, 3.63) is 101 Å². The Kier molecular flexibility index (Phi) is 6.94. The zero-order valence-electron chi connectivity index (χ0n) is 19.8. The van der Waals surface area contributed by atoms with Gasteiger partial charge in [-0.05, 0) is 61.0 Å². The Hall–Kier alpha value is -4.87. The van der Waals surface area contributed by atoms with Gasteiger partial charge in [0.05, 0.1) is 23.8 Å². The molecule has 188 valence electrons. The number of benzene rings is 3. The number of rotatable bonds is 6. The average Bonchev–Trinajstić information content (AvgIpc) is 2.93. The van der Waals surface area contributed by atoms with E-state index in [1.807, 2.05) is 18.2 Å². The SMILES string of the molecule is N#Cc1cc2c(cc1Oc1ccc(C(=O)Nc3cccc(-c4ccc(Cl)cc4)n3)cc1)OCCC2C(=O)O. The molecular formula is C29H20ClN3O5. The summed E-state index contributed by atoms with van der Waals surface area (Å²) in [6.45, 7) is 0.260. The number of nitrogens with zero attached hydrogens (tertiary/aromatic N) is 2. The van der Waals surface area contributed by atoms with Crippen molar-refractivity contribution in [2.75, 3.05) is 11.9 Å². The van der Waals surface area contributed by atoms with Crippen LogP contribution in [0.3, 0.4) is 0 Å². The highest BCUT2D eigenvalue weighted by molar-refractivity contribution is 6.30. The van der Waals surface area contributed by atoms with E-state index in [2.05, 4.69) is 16.4 Å². The molecule has 2 heterocycles. The number of carboxylic acids is 1. The van der Waals surface area contributed by atoms with Crippen molar-refractivity contribution < 1.29 is 24.2 Å². The first-order valence-corrected chi connectivity index (χ1v) is 12.0. The fourth-order valence-corrected chi connectivity index (χ4v) is 4.25. The minimum Gasteiger partial charge on any atom is -0.493 e. The summed E-state index contributed by atoms with van der Waals surface area (Å²) in [5, 5.41) is 22.5. The Morgan fingerprint density at radius 2 is 1.84 bits per heavy atom. The maximum Gasteiger partial charge on any atom is 0.311 e. The van der Waals surface area contributed by atoms with Crippen LogP contribution in [-0.4, -0.2) is 28.6 Å². The van der Waals surface area contributed by atoms with E-state index in [0.29, 0.717) is 45.6 Å². The van der Waals surface area contributed by atoms with Gasteiger partial charge in [0.1, 0.15) is 29.1 Å². The summed E-state index contributed by atoms with van der Waals surface area (Å²) in [6, 6.07) is 24.1. The number of hydrogen-bond donors (Lipinski definition) is 2. The summed E-state index contributed by atoms with van der Waals surface area (Å²) in [4.78, 5) is 28.9. The molecule has 38 heavy (non-hydrogen) atoms. The number of nitriles is 1. The fourth-order valence-electron chi connectivity index (χ4n) is 4.12. The van der Waals surface area contributed by atoms with E-state index >= 15 is 0 Å². The number of halogens is 1. The van der Waals surface area contributed by atoms with Crippen LogP contribution in [0, 0.1) is 11.3 Å². The van der Waals surface area contributed by atoms with Gasteiger partial charge in [-0.25, -0.2) is 4.98 Å². The fraction of sp³-hybridized carbons (Fsp3) is 0.103. The first kappa shape index (κ1) is 24.8. The van der Waals surface area contributed by atoms with E-state index in [9.17, 15) is 20.0 Å². The third-order valence-corrected chi connectivity index (χ3v) is 6.30. The van der Waals surface area contributed by atoms with E-state index in [0.717, 1.165) is 5.56 Å². The number of aromatic nitrogens is 1. The van der Waals surface area contributed by atoms with Gasteiger partial charge in [-0.15, -0.1) is 0 Å². The van der Waals surface area contributed by atoms with E-state index < -0.39 is 11.9 Å². The lowest BCUT2D eigenvalue weighted by Crippen LogP contribution is -2.21. The van der Waals surface area contributed by atoms with Crippen molar-refractivity contribution in [1.29, 1.82) is 5.26 Å². The highest BCUT2D eigenvalue weighted by Gasteiger charge is 2.29. The van der Waals surface area contributed by atoms with Gasteiger partial charge in [0.15, 0.2) is 0 Å². The first-order chi connectivity index (χ1) is 18.4. The number of anilines is 1. The smallest absolute Gasteiger partial charge is 0.311 e. The van der Waals surface area contributed by atoms with Crippen molar-refractivity contribution >= 4 is 29.3 Å². The summed E-state index contributed by atoms with van der Waals surface area (Å²) >= 11 is 5.96. The van der Waals surface area contributed by atoms with E-state index in [1.54, 1.807) is 48.5 Å². The van der Waals surface area contributed by atoms with Crippen molar-refractivity contribution in [3.8, 4) is 34.6 Å². The molecule has 1 atom stereocenters. The average molecular weight is 526 g/mol. The Balaban J connectivity index is 1.30. The van der Waals surface area contributed by atoms with E-state index in [1.165, 1.54) is 12.1 Å². The van der Waals surface area contributed by atoms with Crippen LogP contribution in [0.25, 0.3) is 11.3 Å². The van der Waals surface area contributed by atoms with Crippen LogP contribution in [0.1, 0.15) is 33.8 Å². The molecule has 0 spiro atoms. The second kappa shape index (κ2) is 10.6. The molecule has 2 N–H and O–H groups in total. The molecule has 1 amide bonds. The molecule has 8 nitrogen and oxygen atoms in total. The molecule has 1 unspecified atom stereocenters. The number of pyridine rings is 1. The van der Waals surface area contributed by atoms with E-state index in [4.69, 9.17) is 21.1 Å². The minimum absolute atomic E-state index is 0.189. The zero-order valence-corrected chi connectivity index (χ0v) is 20.6. The third-order valence-electron chi connectivity index (χ3n) is 6.05. The number of fused-ring (bicyclic) bond motifs is 1. The van der Waals surface area contributed by atoms with Gasteiger partial charge in [-0.3, -0.25) is 9.59 Å². The lowest BCUT2D eigenvalue weighted by molar-refractivity contribution is -0.139. The van der Waals surface area contributed by atoms with Crippen LogP contribution in [0.15, 0.2) is 78.9 Å². The number of carbonyl (C=O) groups is 2. The van der Waals surface area contributed by atoms with Gasteiger partial charge in [0.25, 0.3) is 5.91 Å². The van der Waals surface area contributed by atoms with Crippen LogP contribution >= 0.6 is 11.6 Å². The number of aliphatic carboxylic acids is 1. The second-order valence-corrected chi connectivity index (χ2v) is 8.96. The number of nitrogens with one attached hydrogen (secondary N) is 1. The standard InChI is InChI=1S/C29H20ClN3O5/c30-20-8-4-17(5-9-20)24-2-1-3-27(32-24)33-28(34)18-6-10-21(11-7-18)38-25-15-26-23(14-19(25)16-31)22(29(35)36)12-13-37-26/h1-11,14-15,22H,12-13H2,(H,35,36)(H,32,33,34). The summed E-state index contributed by atoms with van der Waals surface area (Å²) in [5.74, 6) is -0.648. The Labute approximate surface area is 223 Å². The Morgan fingerprint density at radius 1 is 1.08 bits per heavy atom. The molecule has 3 aromatic carbocycles. The summed E-state index contributed by atoms with van der Waals surface area (Å²) in [6.07, 6.45) is 0.331. The monoisotopic (exact) mass is 525 g/mol. The Bertz CT molecular complexity index is 1560. The topological polar surface area (TPSA) is 122 Å². The number of amides is 1. The van der Waals surface area contributed by atoms with Crippen LogP contribution in [0.2, 0.25) is 5.02 Å². The molecule has 1 aliphatic rings.